The Morgan fingerprint density at radius 1 is 1.58 bits per heavy atom. The van der Waals surface area contributed by atoms with E-state index in [-0.39, 0.29) is 17.7 Å². The summed E-state index contributed by atoms with van der Waals surface area (Å²) < 4.78 is 5.01. The van der Waals surface area contributed by atoms with Crippen molar-refractivity contribution in [2.24, 2.45) is 11.7 Å². The van der Waals surface area contributed by atoms with Crippen LogP contribution in [0.5, 0.6) is 11.5 Å². The Labute approximate surface area is 113 Å². The third-order valence-corrected chi connectivity index (χ3v) is 3.69. The molecule has 2 atom stereocenters. The van der Waals surface area contributed by atoms with Crippen LogP contribution < -0.4 is 10.5 Å². The molecule has 1 heterocycles. The van der Waals surface area contributed by atoms with Crippen LogP contribution in [0.2, 0.25) is 0 Å². The maximum Gasteiger partial charge on any atom is 0.257 e. The number of rotatable bonds is 3. The number of likely N-dealkylation sites (tertiary alicyclic amines) is 1. The van der Waals surface area contributed by atoms with Gasteiger partial charge in [-0.15, -0.1) is 0 Å². The zero-order chi connectivity index (χ0) is 14.0. The van der Waals surface area contributed by atoms with Gasteiger partial charge in [0.15, 0.2) is 0 Å². The molecule has 2 unspecified atom stereocenters. The predicted octanol–water partition coefficient (Wildman–Crippen LogP) is 1.21. The van der Waals surface area contributed by atoms with Crippen molar-refractivity contribution >= 4 is 5.91 Å². The standard InChI is InChI=1S/C14H20N2O3/c1-9-5-10(7-15)8-16(9)14(18)12-4-3-11(19-2)6-13(12)17/h3-4,6,9-10,17H,5,7-8,15H2,1-2H3. The van der Waals surface area contributed by atoms with Gasteiger partial charge in [-0.1, -0.05) is 0 Å². The Morgan fingerprint density at radius 3 is 2.84 bits per heavy atom. The minimum atomic E-state index is -0.149. The number of aromatic hydroxyl groups is 1. The van der Waals surface area contributed by atoms with Gasteiger partial charge in [0.2, 0.25) is 0 Å². The highest BCUT2D eigenvalue weighted by Gasteiger charge is 2.33. The summed E-state index contributed by atoms with van der Waals surface area (Å²) >= 11 is 0. The molecular weight excluding hydrogens is 244 g/mol. The molecule has 104 valence electrons. The lowest BCUT2D eigenvalue weighted by molar-refractivity contribution is 0.0740. The Morgan fingerprint density at radius 2 is 2.32 bits per heavy atom. The average molecular weight is 264 g/mol. The van der Waals surface area contributed by atoms with E-state index in [9.17, 15) is 9.90 Å². The number of methoxy groups -OCH3 is 1. The molecule has 0 bridgehead atoms. The maximum atomic E-state index is 12.4. The smallest absolute Gasteiger partial charge is 0.257 e. The lowest BCUT2D eigenvalue weighted by Gasteiger charge is -2.22. The van der Waals surface area contributed by atoms with Gasteiger partial charge in [0.05, 0.1) is 12.7 Å². The van der Waals surface area contributed by atoms with Crippen molar-refractivity contribution in [1.29, 1.82) is 0 Å². The van der Waals surface area contributed by atoms with Crippen molar-refractivity contribution in [3.8, 4) is 11.5 Å². The van der Waals surface area contributed by atoms with E-state index in [4.69, 9.17) is 10.5 Å². The number of carbonyl (C=O) groups is 1. The van der Waals surface area contributed by atoms with Crippen molar-refractivity contribution in [3.05, 3.63) is 23.8 Å². The molecule has 1 saturated heterocycles. The molecule has 1 aliphatic heterocycles. The predicted molar refractivity (Wildman–Crippen MR) is 72.3 cm³/mol. The molecule has 0 saturated carbocycles. The molecule has 2 rings (SSSR count). The van der Waals surface area contributed by atoms with Gasteiger partial charge in [-0.05, 0) is 37.9 Å². The number of nitrogens with two attached hydrogens (primary N) is 1. The first-order chi connectivity index (χ1) is 9.06. The number of benzene rings is 1. The molecule has 1 fully saturated rings. The van der Waals surface area contributed by atoms with Crippen LogP contribution in [-0.4, -0.2) is 42.2 Å². The number of hydrogen-bond donors (Lipinski definition) is 2. The molecule has 0 aromatic heterocycles. The van der Waals surface area contributed by atoms with E-state index in [1.165, 1.54) is 13.2 Å². The number of hydrogen-bond acceptors (Lipinski definition) is 4. The summed E-state index contributed by atoms with van der Waals surface area (Å²) in [5.41, 5.74) is 5.97. The van der Waals surface area contributed by atoms with Crippen molar-refractivity contribution < 1.29 is 14.6 Å². The first-order valence-corrected chi connectivity index (χ1v) is 6.44. The van der Waals surface area contributed by atoms with Gasteiger partial charge in [0, 0.05) is 18.7 Å². The van der Waals surface area contributed by atoms with E-state index < -0.39 is 0 Å². The number of amides is 1. The quantitative estimate of drug-likeness (QED) is 0.860. The number of phenols is 1. The highest BCUT2D eigenvalue weighted by Crippen LogP contribution is 2.29. The summed E-state index contributed by atoms with van der Waals surface area (Å²) in [7, 11) is 1.52. The minimum absolute atomic E-state index is 0.0484. The second-order valence-electron chi connectivity index (χ2n) is 5.03. The molecule has 1 amide bonds. The zero-order valence-corrected chi connectivity index (χ0v) is 11.3. The SMILES string of the molecule is COc1ccc(C(=O)N2CC(CN)CC2C)c(O)c1. The maximum absolute atomic E-state index is 12.4. The molecule has 5 nitrogen and oxygen atoms in total. The Hall–Kier alpha value is -1.75. The van der Waals surface area contributed by atoms with E-state index in [0.29, 0.717) is 30.3 Å². The Bertz CT molecular complexity index is 476. The van der Waals surface area contributed by atoms with Gasteiger partial charge < -0.3 is 20.5 Å². The molecule has 19 heavy (non-hydrogen) atoms. The summed E-state index contributed by atoms with van der Waals surface area (Å²) in [6, 6.07) is 4.88. The van der Waals surface area contributed by atoms with Crippen molar-refractivity contribution in [3.63, 3.8) is 0 Å². The van der Waals surface area contributed by atoms with Crippen LogP contribution >= 0.6 is 0 Å². The molecule has 1 aromatic carbocycles. The second kappa shape index (κ2) is 5.48. The van der Waals surface area contributed by atoms with E-state index >= 15 is 0 Å². The topological polar surface area (TPSA) is 75.8 Å². The monoisotopic (exact) mass is 264 g/mol. The first-order valence-electron chi connectivity index (χ1n) is 6.44. The van der Waals surface area contributed by atoms with Gasteiger partial charge in [0.1, 0.15) is 11.5 Å². The van der Waals surface area contributed by atoms with Gasteiger partial charge in [0.25, 0.3) is 5.91 Å². The summed E-state index contributed by atoms with van der Waals surface area (Å²) in [4.78, 5) is 14.2. The molecular formula is C14H20N2O3. The number of carbonyl (C=O) groups excluding carboxylic acids is 1. The van der Waals surface area contributed by atoms with Gasteiger partial charge in [-0.3, -0.25) is 4.79 Å². The summed E-state index contributed by atoms with van der Waals surface area (Å²) in [5, 5.41) is 9.91. The lowest BCUT2D eigenvalue weighted by atomic mass is 10.1. The summed E-state index contributed by atoms with van der Waals surface area (Å²) in [6.45, 7) is 3.25. The fourth-order valence-corrected chi connectivity index (χ4v) is 2.57. The third-order valence-electron chi connectivity index (χ3n) is 3.69. The van der Waals surface area contributed by atoms with Crippen LogP contribution in [0.15, 0.2) is 18.2 Å². The van der Waals surface area contributed by atoms with Gasteiger partial charge in [-0.25, -0.2) is 0 Å². The van der Waals surface area contributed by atoms with E-state index in [1.54, 1.807) is 17.0 Å². The van der Waals surface area contributed by atoms with Gasteiger partial charge in [-0.2, -0.15) is 0 Å². The molecule has 1 aliphatic rings. The van der Waals surface area contributed by atoms with Crippen LogP contribution in [0, 0.1) is 5.92 Å². The summed E-state index contributed by atoms with van der Waals surface area (Å²) in [6.07, 6.45) is 0.916. The fourth-order valence-electron chi connectivity index (χ4n) is 2.57. The van der Waals surface area contributed by atoms with Crippen molar-refractivity contribution in [2.45, 2.75) is 19.4 Å². The van der Waals surface area contributed by atoms with Crippen LogP contribution in [0.3, 0.4) is 0 Å². The molecule has 0 spiro atoms. The molecule has 3 N–H and O–H groups in total. The minimum Gasteiger partial charge on any atom is -0.507 e. The third kappa shape index (κ3) is 2.66. The first kappa shape index (κ1) is 13.7. The number of nitrogens with zero attached hydrogens (tertiary/aromatic N) is 1. The lowest BCUT2D eigenvalue weighted by Crippen LogP contribution is -2.34. The van der Waals surface area contributed by atoms with E-state index in [0.717, 1.165) is 6.42 Å². The van der Waals surface area contributed by atoms with Crippen LogP contribution in [0.4, 0.5) is 0 Å². The molecule has 5 heteroatoms. The largest absolute Gasteiger partial charge is 0.507 e. The summed E-state index contributed by atoms with van der Waals surface area (Å²) in [5.74, 6) is 0.680. The highest BCUT2D eigenvalue weighted by molar-refractivity contribution is 5.97. The normalized spacial score (nSPS) is 22.6. The van der Waals surface area contributed by atoms with Crippen molar-refractivity contribution in [1.82, 2.24) is 4.90 Å². The van der Waals surface area contributed by atoms with Crippen LogP contribution in [-0.2, 0) is 0 Å². The number of phenolic OH excluding ortho intramolecular Hbond substituents is 1. The molecule has 1 aromatic rings. The van der Waals surface area contributed by atoms with E-state index in [1.807, 2.05) is 6.92 Å². The Balaban J connectivity index is 2.20. The van der Waals surface area contributed by atoms with Crippen LogP contribution in [0.1, 0.15) is 23.7 Å². The molecule has 0 aliphatic carbocycles. The zero-order valence-electron chi connectivity index (χ0n) is 11.3. The van der Waals surface area contributed by atoms with Gasteiger partial charge >= 0.3 is 0 Å². The average Bonchev–Trinajstić information content (AvgIpc) is 2.79. The highest BCUT2D eigenvalue weighted by atomic mass is 16.5. The fraction of sp³-hybridized carbons (Fsp3) is 0.500. The number of ether oxygens (including phenoxy) is 1. The van der Waals surface area contributed by atoms with Crippen LogP contribution in [0.25, 0.3) is 0 Å². The van der Waals surface area contributed by atoms with E-state index in [2.05, 4.69) is 0 Å². The van der Waals surface area contributed by atoms with Crippen molar-refractivity contribution in [2.75, 3.05) is 20.2 Å². The molecule has 0 radical (unpaired) electrons. The second-order valence-corrected chi connectivity index (χ2v) is 5.03. The Kier molecular flexibility index (Phi) is 3.95.